The van der Waals surface area contributed by atoms with Crippen molar-refractivity contribution in [1.82, 2.24) is 0 Å². The summed E-state index contributed by atoms with van der Waals surface area (Å²) in [6.45, 7) is 2.99. The monoisotopic (exact) mass is 454 g/mol. The summed E-state index contributed by atoms with van der Waals surface area (Å²) in [5.41, 5.74) is 3.66. The molecule has 0 heterocycles. The standard InChI is InChI=1S/C20H27IO2Si/c1-2-3-4-13-23-19-10-7-16(8-11-19)20-12-9-18(22)15-17(20)6-5-14-24-21/h7-12,15,22H,2-6,13-14,24H2,1H3. The van der Waals surface area contributed by atoms with Crippen molar-refractivity contribution in [1.29, 1.82) is 0 Å². The average Bonchev–Trinajstić information content (AvgIpc) is 2.60. The number of unbranched alkanes of at least 4 members (excludes halogenated alkanes) is 2. The first-order chi connectivity index (χ1) is 11.7. The zero-order valence-corrected chi connectivity index (χ0v) is 18.0. The molecule has 0 spiro atoms. The van der Waals surface area contributed by atoms with Crippen LogP contribution in [0.25, 0.3) is 11.1 Å². The van der Waals surface area contributed by atoms with Crippen molar-refractivity contribution >= 4 is 28.8 Å². The van der Waals surface area contributed by atoms with E-state index in [1.54, 1.807) is 6.07 Å². The molecule has 130 valence electrons. The maximum atomic E-state index is 9.81. The third kappa shape index (κ3) is 6.13. The molecule has 0 saturated heterocycles. The summed E-state index contributed by atoms with van der Waals surface area (Å²) in [4.78, 5) is 0. The summed E-state index contributed by atoms with van der Waals surface area (Å²) < 4.78 is 5.79. The predicted molar refractivity (Wildman–Crippen MR) is 114 cm³/mol. The van der Waals surface area contributed by atoms with Gasteiger partial charge in [0.25, 0.3) is 0 Å². The predicted octanol–water partition coefficient (Wildman–Crippen LogP) is 5.50. The van der Waals surface area contributed by atoms with Gasteiger partial charge in [0, 0.05) is 0 Å². The smallest absolute Gasteiger partial charge is 0.119 e. The van der Waals surface area contributed by atoms with Gasteiger partial charge in [0.1, 0.15) is 11.5 Å². The molecule has 2 aromatic rings. The second kappa shape index (κ2) is 10.8. The minimum absolute atomic E-state index is 0.0865. The van der Waals surface area contributed by atoms with Gasteiger partial charge in [-0.3, -0.25) is 0 Å². The number of benzene rings is 2. The van der Waals surface area contributed by atoms with Crippen LogP contribution in [-0.4, -0.2) is 18.7 Å². The Bertz CT molecular complexity index is 614. The van der Waals surface area contributed by atoms with Gasteiger partial charge < -0.3 is 9.84 Å². The van der Waals surface area contributed by atoms with E-state index in [1.807, 2.05) is 12.1 Å². The molecule has 0 bridgehead atoms. The van der Waals surface area contributed by atoms with Crippen molar-refractivity contribution in [3.63, 3.8) is 0 Å². The zero-order chi connectivity index (χ0) is 17.2. The van der Waals surface area contributed by atoms with E-state index >= 15 is 0 Å². The fraction of sp³-hybridized carbons (Fsp3) is 0.400. The van der Waals surface area contributed by atoms with E-state index in [2.05, 4.69) is 53.0 Å². The molecule has 4 heteroatoms. The highest BCUT2D eigenvalue weighted by Gasteiger charge is 2.07. The highest BCUT2D eigenvalue weighted by atomic mass is 127. The van der Waals surface area contributed by atoms with Gasteiger partial charge in [-0.15, -0.1) is 21.8 Å². The SMILES string of the molecule is CCCCCOc1ccc(-c2ccc(O)cc2CCC[SiH2]I)cc1. The van der Waals surface area contributed by atoms with E-state index in [4.69, 9.17) is 4.74 Å². The molecule has 0 aromatic heterocycles. The molecule has 2 aromatic carbocycles. The Hall–Kier alpha value is -1.01. The summed E-state index contributed by atoms with van der Waals surface area (Å²) in [5.74, 6) is 1.29. The minimum atomic E-state index is 0.0865. The van der Waals surface area contributed by atoms with Crippen LogP contribution in [0.15, 0.2) is 42.5 Å². The van der Waals surface area contributed by atoms with Gasteiger partial charge in [0.05, 0.1) is 13.6 Å². The third-order valence-electron chi connectivity index (χ3n) is 4.10. The molecule has 0 aliphatic heterocycles. The lowest BCUT2D eigenvalue weighted by atomic mass is 9.96. The quantitative estimate of drug-likeness (QED) is 0.222. The Morgan fingerprint density at radius 3 is 2.54 bits per heavy atom. The maximum absolute atomic E-state index is 9.81. The van der Waals surface area contributed by atoms with Crippen LogP contribution in [0, 0.1) is 0 Å². The lowest BCUT2D eigenvalue weighted by molar-refractivity contribution is 0.306. The molecule has 1 N–H and O–H groups in total. The van der Waals surface area contributed by atoms with Gasteiger partial charge in [0.2, 0.25) is 0 Å². The first-order valence-corrected chi connectivity index (χ1v) is 15.0. The van der Waals surface area contributed by atoms with Gasteiger partial charge in [-0.2, -0.15) is 0 Å². The molecule has 0 saturated carbocycles. The van der Waals surface area contributed by atoms with E-state index in [9.17, 15) is 5.11 Å². The number of phenolic OH excluding ortho intramolecular Hbond substituents is 1. The summed E-state index contributed by atoms with van der Waals surface area (Å²) in [6, 6.07) is 15.4. The van der Waals surface area contributed by atoms with Crippen LogP contribution in [0.4, 0.5) is 0 Å². The topological polar surface area (TPSA) is 29.5 Å². The molecule has 2 rings (SSSR count). The van der Waals surface area contributed by atoms with E-state index in [1.165, 1.54) is 42.0 Å². The molecule has 0 unspecified atom stereocenters. The molecule has 0 aliphatic rings. The van der Waals surface area contributed by atoms with Crippen molar-refractivity contribution in [2.45, 2.75) is 45.1 Å². The normalized spacial score (nSPS) is 11.2. The molecule has 0 amide bonds. The van der Waals surface area contributed by atoms with Crippen LogP contribution in [0.3, 0.4) is 0 Å². The number of rotatable bonds is 10. The van der Waals surface area contributed by atoms with Gasteiger partial charge in [-0.25, -0.2) is 0 Å². The number of aromatic hydroxyl groups is 1. The molecule has 0 fully saturated rings. The number of ether oxygens (including phenoxy) is 1. The van der Waals surface area contributed by atoms with E-state index < -0.39 is 0 Å². The summed E-state index contributed by atoms with van der Waals surface area (Å²) in [5, 5.41) is 9.81. The van der Waals surface area contributed by atoms with Crippen LogP contribution in [0.1, 0.15) is 38.2 Å². The molecule has 0 aliphatic carbocycles. The Balaban J connectivity index is 2.07. The van der Waals surface area contributed by atoms with Crippen LogP contribution < -0.4 is 4.74 Å². The van der Waals surface area contributed by atoms with Crippen LogP contribution in [-0.2, 0) is 6.42 Å². The second-order valence-electron chi connectivity index (χ2n) is 6.07. The number of phenols is 1. The third-order valence-corrected chi connectivity index (χ3v) is 7.16. The number of aryl methyl sites for hydroxylation is 1. The van der Waals surface area contributed by atoms with E-state index in [-0.39, 0.29) is 7.02 Å². The molecule has 0 atom stereocenters. The van der Waals surface area contributed by atoms with Crippen molar-refractivity contribution < 1.29 is 9.84 Å². The summed E-state index contributed by atoms with van der Waals surface area (Å²) >= 11 is 2.55. The zero-order valence-electron chi connectivity index (χ0n) is 14.4. The van der Waals surface area contributed by atoms with Crippen molar-refractivity contribution in [2.75, 3.05) is 6.61 Å². The fourth-order valence-electron chi connectivity index (χ4n) is 2.75. The highest BCUT2D eigenvalue weighted by Crippen LogP contribution is 2.29. The molecule has 0 radical (unpaired) electrons. The number of halogens is 1. The largest absolute Gasteiger partial charge is 0.508 e. The summed E-state index contributed by atoms with van der Waals surface area (Å²) in [6.07, 6.45) is 5.79. The Kier molecular flexibility index (Phi) is 8.67. The van der Waals surface area contributed by atoms with Gasteiger partial charge >= 0.3 is 0 Å². The van der Waals surface area contributed by atoms with Crippen LogP contribution in [0.2, 0.25) is 6.04 Å². The maximum Gasteiger partial charge on any atom is 0.119 e. The first-order valence-electron chi connectivity index (χ1n) is 8.85. The van der Waals surface area contributed by atoms with Gasteiger partial charge in [0.15, 0.2) is 0 Å². The molecular weight excluding hydrogens is 427 g/mol. The van der Waals surface area contributed by atoms with Crippen molar-refractivity contribution in [3.05, 3.63) is 48.0 Å². The van der Waals surface area contributed by atoms with Crippen LogP contribution in [0.5, 0.6) is 11.5 Å². The lowest BCUT2D eigenvalue weighted by Gasteiger charge is -2.12. The van der Waals surface area contributed by atoms with Gasteiger partial charge in [-0.1, -0.05) is 50.4 Å². The highest BCUT2D eigenvalue weighted by molar-refractivity contribution is 14.1. The number of hydrogen-bond donors (Lipinski definition) is 1. The Morgan fingerprint density at radius 2 is 1.83 bits per heavy atom. The fourth-order valence-corrected chi connectivity index (χ4v) is 4.81. The van der Waals surface area contributed by atoms with Crippen molar-refractivity contribution in [2.24, 2.45) is 0 Å². The first kappa shape index (κ1) is 19.3. The van der Waals surface area contributed by atoms with Gasteiger partial charge in [-0.05, 0) is 53.8 Å². The second-order valence-corrected chi connectivity index (χ2v) is 10.4. The van der Waals surface area contributed by atoms with E-state index in [0.29, 0.717) is 5.75 Å². The average molecular weight is 454 g/mol. The minimum Gasteiger partial charge on any atom is -0.508 e. The van der Waals surface area contributed by atoms with Crippen LogP contribution >= 0.6 is 21.8 Å². The Labute approximate surface area is 160 Å². The Morgan fingerprint density at radius 1 is 1.04 bits per heavy atom. The summed E-state index contributed by atoms with van der Waals surface area (Å²) in [7, 11) is 0.0865. The van der Waals surface area contributed by atoms with E-state index in [0.717, 1.165) is 25.2 Å². The lowest BCUT2D eigenvalue weighted by Crippen LogP contribution is -1.97. The molecular formula is C20H27IO2Si. The number of hydrogen-bond acceptors (Lipinski definition) is 2. The molecule has 2 nitrogen and oxygen atoms in total. The molecule has 24 heavy (non-hydrogen) atoms. The van der Waals surface area contributed by atoms with Crippen molar-refractivity contribution in [3.8, 4) is 22.6 Å².